The molecule has 0 fully saturated rings. The summed E-state index contributed by atoms with van der Waals surface area (Å²) in [6, 6.07) is 13.5. The lowest BCUT2D eigenvalue weighted by atomic mass is 10.0. The van der Waals surface area contributed by atoms with Crippen molar-refractivity contribution in [1.82, 2.24) is 9.97 Å². The van der Waals surface area contributed by atoms with Crippen molar-refractivity contribution in [2.45, 2.75) is 6.18 Å². The van der Waals surface area contributed by atoms with E-state index in [1.54, 1.807) is 30.3 Å². The van der Waals surface area contributed by atoms with Crippen molar-refractivity contribution in [3.05, 3.63) is 77.6 Å². The smallest absolute Gasteiger partial charge is 0.434 e. The Balaban J connectivity index is 2.14. The third kappa shape index (κ3) is 3.35. The highest BCUT2D eigenvalue weighted by Crippen LogP contribution is 2.33. The lowest BCUT2D eigenvalue weighted by molar-refractivity contribution is -0.141. The highest BCUT2D eigenvalue weighted by atomic mass is 19.4. The minimum absolute atomic E-state index is 0.137. The van der Waals surface area contributed by atoms with Crippen LogP contribution in [0.3, 0.4) is 0 Å². The molecular formula is C18H11F3N2O2. The molecule has 4 nitrogen and oxygen atoms in total. The Morgan fingerprint density at radius 3 is 2.20 bits per heavy atom. The van der Waals surface area contributed by atoms with E-state index in [0.29, 0.717) is 5.56 Å². The van der Waals surface area contributed by atoms with Gasteiger partial charge in [-0.15, -0.1) is 0 Å². The number of benzene rings is 2. The summed E-state index contributed by atoms with van der Waals surface area (Å²) >= 11 is 0. The van der Waals surface area contributed by atoms with E-state index in [1.807, 2.05) is 0 Å². The number of para-hydroxylation sites is 1. The zero-order chi connectivity index (χ0) is 18.0. The summed E-state index contributed by atoms with van der Waals surface area (Å²) in [4.78, 5) is 19.9. The molecule has 3 aromatic rings. The third-order valence-corrected chi connectivity index (χ3v) is 3.48. The largest absolute Gasteiger partial charge is 0.507 e. The van der Waals surface area contributed by atoms with Crippen LogP contribution < -0.4 is 0 Å². The molecule has 0 aliphatic heterocycles. The molecule has 7 heteroatoms. The predicted molar refractivity (Wildman–Crippen MR) is 84.0 cm³/mol. The standard InChI is InChI=1S/C18H11F3N2O2/c19-18(20,21)16-13(15(25)12-8-4-5-9-14(12)24)10-22-17(23-16)11-6-2-1-3-7-11/h1-10,24H. The zero-order valence-corrected chi connectivity index (χ0v) is 12.7. The average Bonchev–Trinajstić information content (AvgIpc) is 2.61. The lowest BCUT2D eigenvalue weighted by Crippen LogP contribution is -2.17. The van der Waals surface area contributed by atoms with Crippen molar-refractivity contribution >= 4 is 5.78 Å². The molecule has 0 atom stereocenters. The van der Waals surface area contributed by atoms with Crippen molar-refractivity contribution in [2.24, 2.45) is 0 Å². The zero-order valence-electron chi connectivity index (χ0n) is 12.7. The van der Waals surface area contributed by atoms with Gasteiger partial charge in [0.15, 0.2) is 17.3 Å². The van der Waals surface area contributed by atoms with E-state index < -0.39 is 29.0 Å². The Kier molecular flexibility index (Phi) is 4.22. The molecule has 25 heavy (non-hydrogen) atoms. The number of halogens is 3. The van der Waals surface area contributed by atoms with Crippen molar-refractivity contribution in [3.8, 4) is 17.1 Å². The number of ketones is 1. The van der Waals surface area contributed by atoms with Gasteiger partial charge in [0.25, 0.3) is 0 Å². The summed E-state index contributed by atoms with van der Waals surface area (Å²) in [5.41, 5.74) is -1.90. The van der Waals surface area contributed by atoms with Gasteiger partial charge < -0.3 is 5.11 Å². The molecule has 126 valence electrons. The van der Waals surface area contributed by atoms with E-state index in [-0.39, 0.29) is 11.4 Å². The summed E-state index contributed by atoms with van der Waals surface area (Å²) in [7, 11) is 0. The molecule has 0 aliphatic carbocycles. The number of carbonyl (C=O) groups is 1. The first-order chi connectivity index (χ1) is 11.9. The number of hydrogen-bond donors (Lipinski definition) is 1. The molecule has 1 heterocycles. The van der Waals surface area contributed by atoms with Crippen molar-refractivity contribution < 1.29 is 23.1 Å². The summed E-state index contributed by atoms with van der Waals surface area (Å²) in [6.45, 7) is 0. The summed E-state index contributed by atoms with van der Waals surface area (Å²) in [5.74, 6) is -1.54. The third-order valence-electron chi connectivity index (χ3n) is 3.48. The van der Waals surface area contributed by atoms with Crippen LogP contribution in [-0.4, -0.2) is 20.9 Å². The number of alkyl halides is 3. The van der Waals surface area contributed by atoms with Crippen LogP contribution in [0.25, 0.3) is 11.4 Å². The highest BCUT2D eigenvalue weighted by molar-refractivity contribution is 6.11. The van der Waals surface area contributed by atoms with Crippen LogP contribution in [0, 0.1) is 0 Å². The Bertz CT molecular complexity index is 925. The summed E-state index contributed by atoms with van der Waals surface area (Å²) < 4.78 is 40.2. The molecule has 0 radical (unpaired) electrons. The topological polar surface area (TPSA) is 63.1 Å². The van der Waals surface area contributed by atoms with E-state index >= 15 is 0 Å². The van der Waals surface area contributed by atoms with Crippen LogP contribution in [0.2, 0.25) is 0 Å². The Morgan fingerprint density at radius 1 is 0.920 bits per heavy atom. The van der Waals surface area contributed by atoms with E-state index in [2.05, 4.69) is 9.97 Å². The Labute approximate surface area is 140 Å². The van der Waals surface area contributed by atoms with Gasteiger partial charge in [0.2, 0.25) is 0 Å². The molecule has 0 amide bonds. The second-order valence-electron chi connectivity index (χ2n) is 5.17. The quantitative estimate of drug-likeness (QED) is 0.727. The minimum atomic E-state index is -4.85. The first kappa shape index (κ1) is 16.6. The molecule has 1 aromatic heterocycles. The van der Waals surface area contributed by atoms with Gasteiger partial charge in [-0.2, -0.15) is 13.2 Å². The maximum Gasteiger partial charge on any atom is 0.434 e. The second-order valence-corrected chi connectivity index (χ2v) is 5.17. The first-order valence-electron chi connectivity index (χ1n) is 7.20. The first-order valence-corrected chi connectivity index (χ1v) is 7.20. The molecule has 2 aromatic carbocycles. The van der Waals surface area contributed by atoms with Crippen LogP contribution in [0.15, 0.2) is 60.8 Å². The fourth-order valence-electron chi connectivity index (χ4n) is 2.30. The number of phenols is 1. The molecule has 0 saturated heterocycles. The molecular weight excluding hydrogens is 333 g/mol. The monoisotopic (exact) mass is 344 g/mol. The Hall–Kier alpha value is -3.22. The van der Waals surface area contributed by atoms with Crippen LogP contribution in [0.5, 0.6) is 5.75 Å². The van der Waals surface area contributed by atoms with Gasteiger partial charge in [-0.3, -0.25) is 4.79 Å². The number of aromatic nitrogens is 2. The van der Waals surface area contributed by atoms with Gasteiger partial charge in [-0.25, -0.2) is 9.97 Å². The van der Waals surface area contributed by atoms with Crippen LogP contribution in [0.4, 0.5) is 13.2 Å². The van der Waals surface area contributed by atoms with Gasteiger partial charge in [0.1, 0.15) is 5.75 Å². The molecule has 0 spiro atoms. The van der Waals surface area contributed by atoms with Crippen molar-refractivity contribution in [3.63, 3.8) is 0 Å². The molecule has 0 unspecified atom stereocenters. The number of carbonyl (C=O) groups excluding carboxylic acids is 1. The highest BCUT2D eigenvalue weighted by Gasteiger charge is 2.38. The predicted octanol–water partition coefficient (Wildman–Crippen LogP) is 4.10. The van der Waals surface area contributed by atoms with Crippen molar-refractivity contribution in [1.29, 1.82) is 0 Å². The van der Waals surface area contributed by atoms with E-state index in [1.165, 1.54) is 24.3 Å². The van der Waals surface area contributed by atoms with E-state index in [9.17, 15) is 23.1 Å². The number of phenolic OH excluding ortho intramolecular Hbond substituents is 1. The van der Waals surface area contributed by atoms with E-state index in [0.717, 1.165) is 6.20 Å². The van der Waals surface area contributed by atoms with Crippen LogP contribution in [-0.2, 0) is 6.18 Å². The average molecular weight is 344 g/mol. The molecule has 0 saturated carbocycles. The van der Waals surface area contributed by atoms with Gasteiger partial charge in [-0.05, 0) is 12.1 Å². The maximum atomic E-state index is 13.4. The minimum Gasteiger partial charge on any atom is -0.507 e. The van der Waals surface area contributed by atoms with Crippen LogP contribution in [0.1, 0.15) is 21.6 Å². The number of hydrogen-bond acceptors (Lipinski definition) is 4. The summed E-state index contributed by atoms with van der Waals surface area (Å²) in [5, 5.41) is 9.73. The molecule has 0 aliphatic rings. The fourth-order valence-corrected chi connectivity index (χ4v) is 2.30. The van der Waals surface area contributed by atoms with Gasteiger partial charge in [0, 0.05) is 11.8 Å². The number of nitrogens with zero attached hydrogens (tertiary/aromatic N) is 2. The van der Waals surface area contributed by atoms with Gasteiger partial charge in [-0.1, -0.05) is 42.5 Å². The SMILES string of the molecule is O=C(c1ccccc1O)c1cnc(-c2ccccc2)nc1C(F)(F)F. The fraction of sp³-hybridized carbons (Fsp3) is 0.0556. The van der Waals surface area contributed by atoms with Crippen molar-refractivity contribution in [2.75, 3.05) is 0 Å². The summed E-state index contributed by atoms with van der Waals surface area (Å²) in [6.07, 6.45) is -4.01. The molecule has 0 bridgehead atoms. The number of rotatable bonds is 3. The number of aromatic hydroxyl groups is 1. The lowest BCUT2D eigenvalue weighted by Gasteiger charge is -2.13. The second kappa shape index (κ2) is 6.35. The maximum absolute atomic E-state index is 13.4. The van der Waals surface area contributed by atoms with Crippen LogP contribution >= 0.6 is 0 Å². The normalized spacial score (nSPS) is 11.3. The van der Waals surface area contributed by atoms with E-state index in [4.69, 9.17) is 0 Å². The Morgan fingerprint density at radius 2 is 1.56 bits per heavy atom. The van der Waals surface area contributed by atoms with Gasteiger partial charge in [0.05, 0.1) is 11.1 Å². The molecule has 3 rings (SSSR count). The van der Waals surface area contributed by atoms with Gasteiger partial charge >= 0.3 is 6.18 Å². The molecule has 1 N–H and O–H groups in total.